The molecule has 0 aromatic heterocycles. The van der Waals surface area contributed by atoms with Gasteiger partial charge in [0.05, 0.1) is 29.1 Å². The van der Waals surface area contributed by atoms with Gasteiger partial charge in [-0.05, 0) is 42.5 Å². The Morgan fingerprint density at radius 3 is 2.27 bits per heavy atom. The molecule has 0 fully saturated rings. The van der Waals surface area contributed by atoms with E-state index in [4.69, 9.17) is 16.3 Å². The number of carbonyl (C=O) groups is 1. The molecular formula is C21H17ClF3N3O4S. The van der Waals surface area contributed by atoms with Gasteiger partial charge in [0, 0.05) is 5.56 Å². The number of methoxy groups -OCH3 is 1. The highest BCUT2D eigenvalue weighted by molar-refractivity contribution is 7.92. The number of hydrazine groups is 1. The Kier molecular flexibility index (Phi) is 7.04. The predicted molar refractivity (Wildman–Crippen MR) is 118 cm³/mol. The summed E-state index contributed by atoms with van der Waals surface area (Å²) in [7, 11) is -2.87. The van der Waals surface area contributed by atoms with Crippen LogP contribution in [0.4, 0.5) is 24.5 Å². The van der Waals surface area contributed by atoms with Crippen molar-refractivity contribution in [2.75, 3.05) is 17.3 Å². The Morgan fingerprint density at radius 1 is 0.970 bits per heavy atom. The lowest BCUT2D eigenvalue weighted by molar-refractivity contribution is -0.137. The fourth-order valence-electron chi connectivity index (χ4n) is 2.81. The molecule has 0 bridgehead atoms. The lowest BCUT2D eigenvalue weighted by Gasteiger charge is -2.16. The van der Waals surface area contributed by atoms with Crippen molar-refractivity contribution in [1.29, 1.82) is 0 Å². The second-order valence-electron chi connectivity index (χ2n) is 6.57. The fraction of sp³-hybridized carbons (Fsp3) is 0.0952. The van der Waals surface area contributed by atoms with E-state index in [0.717, 1.165) is 18.2 Å². The van der Waals surface area contributed by atoms with Gasteiger partial charge in [0.2, 0.25) is 0 Å². The molecule has 0 aliphatic rings. The molecule has 3 aromatic carbocycles. The van der Waals surface area contributed by atoms with Crippen molar-refractivity contribution in [1.82, 2.24) is 5.43 Å². The minimum Gasteiger partial charge on any atom is -0.495 e. The Labute approximate surface area is 192 Å². The number of alkyl halides is 3. The maximum Gasteiger partial charge on any atom is 0.418 e. The van der Waals surface area contributed by atoms with E-state index >= 15 is 0 Å². The van der Waals surface area contributed by atoms with Gasteiger partial charge in [0.1, 0.15) is 10.6 Å². The Balaban J connectivity index is 1.83. The average Bonchev–Trinajstić information content (AvgIpc) is 2.77. The molecule has 33 heavy (non-hydrogen) atoms. The van der Waals surface area contributed by atoms with Crippen molar-refractivity contribution in [2.45, 2.75) is 11.1 Å². The van der Waals surface area contributed by atoms with Crippen LogP contribution in [0.1, 0.15) is 15.9 Å². The van der Waals surface area contributed by atoms with Crippen molar-refractivity contribution in [3.8, 4) is 5.75 Å². The first kappa shape index (κ1) is 24.2. The van der Waals surface area contributed by atoms with Gasteiger partial charge in [-0.1, -0.05) is 35.9 Å². The van der Waals surface area contributed by atoms with Gasteiger partial charge < -0.3 is 4.74 Å². The molecule has 0 heterocycles. The summed E-state index contributed by atoms with van der Waals surface area (Å²) in [6.07, 6.45) is -4.64. The molecule has 1 amide bonds. The highest BCUT2D eigenvalue weighted by atomic mass is 35.5. The largest absolute Gasteiger partial charge is 0.495 e. The lowest BCUT2D eigenvalue weighted by atomic mass is 10.2. The number of amides is 1. The summed E-state index contributed by atoms with van der Waals surface area (Å²) in [5.74, 6) is -0.615. The van der Waals surface area contributed by atoms with Gasteiger partial charge in [-0.15, -0.1) is 0 Å². The zero-order valence-electron chi connectivity index (χ0n) is 16.9. The number of nitrogens with one attached hydrogen (secondary N) is 3. The highest BCUT2D eigenvalue weighted by Gasteiger charge is 2.33. The first-order chi connectivity index (χ1) is 15.5. The van der Waals surface area contributed by atoms with Crippen LogP contribution in [-0.2, 0) is 16.2 Å². The monoisotopic (exact) mass is 499 g/mol. The summed E-state index contributed by atoms with van der Waals surface area (Å²) in [6.45, 7) is 0. The van der Waals surface area contributed by atoms with E-state index in [1.165, 1.54) is 37.4 Å². The van der Waals surface area contributed by atoms with Gasteiger partial charge in [-0.3, -0.25) is 20.4 Å². The molecule has 0 aliphatic carbocycles. The van der Waals surface area contributed by atoms with Gasteiger partial charge in [-0.25, -0.2) is 8.42 Å². The van der Waals surface area contributed by atoms with E-state index in [1.54, 1.807) is 18.2 Å². The highest BCUT2D eigenvalue weighted by Crippen LogP contribution is 2.34. The van der Waals surface area contributed by atoms with E-state index in [9.17, 15) is 26.4 Å². The van der Waals surface area contributed by atoms with Crippen LogP contribution in [0.5, 0.6) is 5.75 Å². The van der Waals surface area contributed by atoms with E-state index in [1.807, 2.05) is 0 Å². The fourth-order valence-corrected chi connectivity index (χ4v) is 4.41. The molecule has 7 nitrogen and oxygen atoms in total. The standard InChI is InChI=1S/C21H17ClF3N3O4S/c1-32-18-9-5-4-8-17(18)28-33(30,31)19-12-13(10-11-15(19)22)20(29)27-26-16-7-3-2-6-14(16)21(23,24)25/h2-12,26,28H,1H3,(H,27,29). The van der Waals surface area contributed by atoms with Gasteiger partial charge in [-0.2, -0.15) is 13.2 Å². The minimum atomic E-state index is -4.64. The first-order valence-corrected chi connectivity index (χ1v) is 11.1. The molecule has 0 aliphatic heterocycles. The van der Waals surface area contributed by atoms with Crippen LogP contribution in [-0.4, -0.2) is 21.4 Å². The van der Waals surface area contributed by atoms with Crippen molar-refractivity contribution in [2.24, 2.45) is 0 Å². The van der Waals surface area contributed by atoms with Crippen molar-refractivity contribution < 1.29 is 31.1 Å². The second-order valence-corrected chi connectivity index (χ2v) is 8.63. The van der Waals surface area contributed by atoms with Crippen LogP contribution in [0.25, 0.3) is 0 Å². The normalized spacial score (nSPS) is 11.5. The SMILES string of the molecule is COc1ccccc1NS(=O)(=O)c1cc(C(=O)NNc2ccccc2C(F)(F)F)ccc1Cl. The zero-order chi connectivity index (χ0) is 24.2. The number of carbonyl (C=O) groups excluding carboxylic acids is 1. The third-order valence-corrected chi connectivity index (χ3v) is 6.22. The van der Waals surface area contributed by atoms with Crippen LogP contribution in [0, 0.1) is 0 Å². The minimum absolute atomic E-state index is 0.149. The van der Waals surface area contributed by atoms with Crippen molar-refractivity contribution >= 4 is 38.9 Å². The zero-order valence-corrected chi connectivity index (χ0v) is 18.5. The molecule has 3 N–H and O–H groups in total. The van der Waals surface area contributed by atoms with E-state index < -0.39 is 32.6 Å². The number of anilines is 2. The summed E-state index contributed by atoms with van der Waals surface area (Å²) < 4.78 is 72.5. The third-order valence-electron chi connectivity index (χ3n) is 4.38. The molecule has 3 aromatic rings. The summed E-state index contributed by atoms with van der Waals surface area (Å²) in [4.78, 5) is 12.1. The maximum absolute atomic E-state index is 13.1. The van der Waals surface area contributed by atoms with Crippen molar-refractivity contribution in [3.05, 3.63) is 82.9 Å². The van der Waals surface area contributed by atoms with E-state index in [2.05, 4.69) is 15.6 Å². The number of sulfonamides is 1. The maximum atomic E-state index is 13.1. The number of hydrogen-bond donors (Lipinski definition) is 3. The van der Waals surface area contributed by atoms with Crippen LogP contribution in [0.3, 0.4) is 0 Å². The molecule has 12 heteroatoms. The van der Waals surface area contributed by atoms with Crippen molar-refractivity contribution in [3.63, 3.8) is 0 Å². The first-order valence-electron chi connectivity index (χ1n) is 9.21. The van der Waals surface area contributed by atoms with E-state index in [-0.39, 0.29) is 27.7 Å². The Hall–Kier alpha value is -3.44. The van der Waals surface area contributed by atoms with Gasteiger partial charge in [0.25, 0.3) is 15.9 Å². The van der Waals surface area contributed by atoms with Crippen LogP contribution in [0.15, 0.2) is 71.6 Å². The van der Waals surface area contributed by atoms with Crippen LogP contribution in [0.2, 0.25) is 5.02 Å². The van der Waals surface area contributed by atoms with Crippen LogP contribution < -0.4 is 20.3 Å². The molecule has 174 valence electrons. The average molecular weight is 500 g/mol. The van der Waals surface area contributed by atoms with Gasteiger partial charge in [0.15, 0.2) is 0 Å². The number of rotatable bonds is 7. The van der Waals surface area contributed by atoms with Crippen LogP contribution >= 0.6 is 11.6 Å². The quantitative estimate of drug-likeness (QED) is 0.401. The number of ether oxygens (including phenoxy) is 1. The molecule has 0 radical (unpaired) electrons. The number of halogens is 4. The third kappa shape index (κ3) is 5.68. The predicted octanol–water partition coefficient (Wildman–Crippen LogP) is 4.93. The number of benzene rings is 3. The number of para-hydroxylation sites is 3. The summed E-state index contributed by atoms with van der Waals surface area (Å²) >= 11 is 6.05. The van der Waals surface area contributed by atoms with Gasteiger partial charge >= 0.3 is 6.18 Å². The number of hydrogen-bond acceptors (Lipinski definition) is 5. The molecule has 0 atom stereocenters. The smallest absolute Gasteiger partial charge is 0.418 e. The Bertz CT molecular complexity index is 1280. The summed E-state index contributed by atoms with van der Waals surface area (Å²) in [6, 6.07) is 14.3. The summed E-state index contributed by atoms with van der Waals surface area (Å²) in [5.41, 5.74) is 2.97. The van der Waals surface area contributed by atoms with E-state index in [0.29, 0.717) is 0 Å². The topological polar surface area (TPSA) is 96.5 Å². The summed E-state index contributed by atoms with van der Waals surface area (Å²) in [5, 5.41) is -0.163. The molecular weight excluding hydrogens is 483 g/mol. The molecule has 0 saturated carbocycles. The Morgan fingerprint density at radius 2 is 1.61 bits per heavy atom. The molecule has 0 unspecified atom stereocenters. The lowest BCUT2D eigenvalue weighted by Crippen LogP contribution is -2.30. The molecule has 0 spiro atoms. The molecule has 0 saturated heterocycles. The second kappa shape index (κ2) is 9.59. The molecule has 3 rings (SSSR count).